The van der Waals surface area contributed by atoms with Crippen molar-refractivity contribution in [3.63, 3.8) is 0 Å². The van der Waals surface area contributed by atoms with Gasteiger partial charge in [-0.25, -0.2) is 0 Å². The van der Waals surface area contributed by atoms with Gasteiger partial charge in [-0.1, -0.05) is 61.0 Å². The van der Waals surface area contributed by atoms with Gasteiger partial charge in [-0.3, -0.25) is 9.69 Å². The van der Waals surface area contributed by atoms with E-state index in [1.165, 1.54) is 11.0 Å². The van der Waals surface area contributed by atoms with Gasteiger partial charge in [0.2, 0.25) is 0 Å². The fourth-order valence-corrected chi connectivity index (χ4v) is 5.22. The van der Waals surface area contributed by atoms with Crippen LogP contribution in [-0.2, 0) is 23.9 Å². The lowest BCUT2D eigenvalue weighted by Gasteiger charge is -2.28. The summed E-state index contributed by atoms with van der Waals surface area (Å²) in [7, 11) is 0. The number of carbonyl (C=O) groups is 1. The molecular weight excluding hydrogens is 511 g/mol. The van der Waals surface area contributed by atoms with E-state index in [1.807, 2.05) is 6.08 Å². The van der Waals surface area contributed by atoms with Gasteiger partial charge in [-0.2, -0.15) is 13.2 Å². The molecule has 1 aliphatic rings. The number of ether oxygens (including phenoxy) is 1. The van der Waals surface area contributed by atoms with Crippen LogP contribution in [0.25, 0.3) is 0 Å². The first-order valence-corrected chi connectivity index (χ1v) is 13.0. The van der Waals surface area contributed by atoms with Gasteiger partial charge in [0.25, 0.3) is 0 Å². The number of carboxylic acid groups (broad SMARTS) is 1. The Bertz CT molecular complexity index is 1100. The van der Waals surface area contributed by atoms with Crippen LogP contribution >= 0.6 is 23.4 Å². The van der Waals surface area contributed by atoms with E-state index in [0.717, 1.165) is 11.8 Å². The monoisotopic (exact) mass is 539 g/mol. The third-order valence-electron chi connectivity index (χ3n) is 5.68. The number of rotatable bonds is 12. The molecule has 1 heterocycles. The second-order valence-corrected chi connectivity index (χ2v) is 10.1. The van der Waals surface area contributed by atoms with E-state index in [1.54, 1.807) is 42.1 Å². The minimum Gasteiger partial charge on any atom is -0.494 e. The first-order chi connectivity index (χ1) is 17.1. The summed E-state index contributed by atoms with van der Waals surface area (Å²) in [5, 5.41) is 8.71. The average molecular weight is 540 g/mol. The topological polar surface area (TPSA) is 49.8 Å². The summed E-state index contributed by atoms with van der Waals surface area (Å²) in [6.07, 6.45) is 2.25. The van der Waals surface area contributed by atoms with Crippen molar-refractivity contribution in [3.8, 4) is 5.75 Å². The largest absolute Gasteiger partial charge is 0.494 e. The molecule has 4 nitrogen and oxygen atoms in total. The van der Waals surface area contributed by atoms with Crippen molar-refractivity contribution in [2.45, 2.75) is 32.5 Å². The van der Waals surface area contributed by atoms with Gasteiger partial charge in [0.05, 0.1) is 23.6 Å². The van der Waals surface area contributed by atoms with Crippen molar-refractivity contribution in [1.82, 2.24) is 4.90 Å². The molecule has 3 rings (SSSR count). The molecule has 0 aliphatic carbocycles. The maximum Gasteiger partial charge on any atom is 0.417 e. The van der Waals surface area contributed by atoms with Crippen LogP contribution in [0.2, 0.25) is 5.02 Å². The summed E-state index contributed by atoms with van der Waals surface area (Å²) in [6.45, 7) is 4.04. The zero-order chi connectivity index (χ0) is 26.1. The van der Waals surface area contributed by atoms with Crippen LogP contribution < -0.4 is 4.74 Å². The summed E-state index contributed by atoms with van der Waals surface area (Å²) in [5.41, 5.74) is 0.267. The lowest BCUT2D eigenvalue weighted by Crippen LogP contribution is -2.31. The molecule has 2 aromatic carbocycles. The number of halogens is 4. The van der Waals surface area contributed by atoms with Gasteiger partial charge in [0.1, 0.15) is 5.75 Å². The van der Waals surface area contributed by atoms with E-state index >= 15 is 0 Å². The van der Waals surface area contributed by atoms with E-state index in [4.69, 9.17) is 21.4 Å². The number of aliphatic carboxylic acids is 1. The third-order valence-corrected chi connectivity index (χ3v) is 7.36. The third kappa shape index (κ3) is 8.61. The van der Waals surface area contributed by atoms with Gasteiger partial charge in [-0.05, 0) is 46.6 Å². The average Bonchev–Trinajstić information content (AvgIpc) is 2.82. The molecule has 0 aromatic heterocycles. The highest BCUT2D eigenvalue weighted by Crippen LogP contribution is 2.37. The highest BCUT2D eigenvalue weighted by molar-refractivity contribution is 8.03. The van der Waals surface area contributed by atoms with Crippen LogP contribution in [0.15, 0.2) is 65.6 Å². The van der Waals surface area contributed by atoms with E-state index < -0.39 is 17.7 Å². The lowest BCUT2D eigenvalue weighted by molar-refractivity contribution is -0.138. The van der Waals surface area contributed by atoms with Gasteiger partial charge >= 0.3 is 12.1 Å². The van der Waals surface area contributed by atoms with Crippen LogP contribution in [-0.4, -0.2) is 41.4 Å². The fourth-order valence-electron chi connectivity index (χ4n) is 3.99. The number of allylic oxidation sites excluding steroid dienone is 2. The molecule has 0 spiro atoms. The normalized spacial score (nSPS) is 14.6. The number of hydrogen-bond donors (Lipinski definition) is 1. The Kier molecular flexibility index (Phi) is 10.3. The van der Waals surface area contributed by atoms with Crippen LogP contribution in [0.1, 0.15) is 30.0 Å². The highest BCUT2D eigenvalue weighted by Gasteiger charge is 2.34. The Morgan fingerprint density at radius 3 is 2.72 bits per heavy atom. The summed E-state index contributed by atoms with van der Waals surface area (Å²) in [6, 6.07) is 11.0. The molecule has 0 amide bonds. The Labute approximate surface area is 218 Å². The van der Waals surface area contributed by atoms with Crippen molar-refractivity contribution in [2.75, 3.05) is 25.4 Å². The van der Waals surface area contributed by atoms with Gasteiger partial charge < -0.3 is 9.84 Å². The SMILES string of the molecule is CC(CN(CCCOc1cccc(CC(=O)O)c1)Cc1cccc(C(F)(F)F)c1Cl)C1=CC=CCS1. The molecule has 1 atom stereocenters. The Morgan fingerprint density at radius 2 is 2.03 bits per heavy atom. The number of alkyl halides is 3. The standard InChI is InChI=1S/C27H29ClF3NO3S/c1-19(24-11-2-3-14-36-24)17-32(18-21-8-5-10-23(26(21)28)27(29,30)31)12-6-13-35-22-9-4-7-20(15-22)16-25(33)34/h2-5,7-11,15,19H,6,12-14,16-18H2,1H3,(H,33,34). The second-order valence-electron chi connectivity index (χ2n) is 8.64. The molecule has 1 unspecified atom stereocenters. The molecule has 0 fully saturated rings. The molecule has 0 saturated heterocycles. The molecule has 36 heavy (non-hydrogen) atoms. The summed E-state index contributed by atoms with van der Waals surface area (Å²) in [4.78, 5) is 14.3. The van der Waals surface area contributed by atoms with Crippen molar-refractivity contribution in [1.29, 1.82) is 0 Å². The van der Waals surface area contributed by atoms with Crippen LogP contribution in [0.4, 0.5) is 13.2 Å². The minimum absolute atomic E-state index is 0.0797. The van der Waals surface area contributed by atoms with E-state index in [0.29, 0.717) is 43.0 Å². The molecule has 9 heteroatoms. The number of hydrogen-bond acceptors (Lipinski definition) is 4. The second kappa shape index (κ2) is 13.2. The first kappa shape index (κ1) is 28.2. The van der Waals surface area contributed by atoms with Gasteiger partial charge in [0, 0.05) is 25.4 Å². The van der Waals surface area contributed by atoms with Crippen LogP contribution in [0.5, 0.6) is 5.75 Å². The molecule has 0 radical (unpaired) electrons. The van der Waals surface area contributed by atoms with Gasteiger partial charge in [-0.15, -0.1) is 11.8 Å². The Hall–Kier alpha value is -2.42. The fraction of sp³-hybridized carbons (Fsp3) is 0.370. The molecule has 1 aliphatic heterocycles. The molecule has 1 N–H and O–H groups in total. The molecule has 0 bridgehead atoms. The Morgan fingerprint density at radius 1 is 1.25 bits per heavy atom. The van der Waals surface area contributed by atoms with Crippen molar-refractivity contribution in [3.05, 3.63) is 87.3 Å². The molecular formula is C27H29ClF3NO3S. The van der Waals surface area contributed by atoms with E-state index in [2.05, 4.69) is 24.0 Å². The number of thioether (sulfide) groups is 1. The highest BCUT2D eigenvalue weighted by atomic mass is 35.5. The molecule has 2 aromatic rings. The predicted molar refractivity (Wildman–Crippen MR) is 138 cm³/mol. The molecule has 194 valence electrons. The zero-order valence-electron chi connectivity index (χ0n) is 19.9. The number of carboxylic acids is 1. The van der Waals surface area contributed by atoms with Crippen molar-refractivity contribution in [2.24, 2.45) is 5.92 Å². The van der Waals surface area contributed by atoms with Crippen molar-refractivity contribution < 1.29 is 27.8 Å². The minimum atomic E-state index is -4.51. The van der Waals surface area contributed by atoms with E-state index in [9.17, 15) is 18.0 Å². The smallest absolute Gasteiger partial charge is 0.417 e. The van der Waals surface area contributed by atoms with Crippen LogP contribution in [0.3, 0.4) is 0 Å². The Balaban J connectivity index is 1.67. The predicted octanol–water partition coefficient (Wildman–Crippen LogP) is 7.08. The van der Waals surface area contributed by atoms with E-state index in [-0.39, 0.29) is 23.9 Å². The molecule has 0 saturated carbocycles. The zero-order valence-corrected chi connectivity index (χ0v) is 21.5. The quantitative estimate of drug-likeness (QED) is 0.292. The summed E-state index contributed by atoms with van der Waals surface area (Å²) >= 11 is 7.94. The maximum absolute atomic E-state index is 13.4. The maximum atomic E-state index is 13.4. The van der Waals surface area contributed by atoms with Crippen molar-refractivity contribution >= 4 is 29.3 Å². The lowest BCUT2D eigenvalue weighted by atomic mass is 10.1. The first-order valence-electron chi connectivity index (χ1n) is 11.6. The van der Waals surface area contributed by atoms with Crippen LogP contribution in [0, 0.1) is 5.92 Å². The summed E-state index contributed by atoms with van der Waals surface area (Å²) < 4.78 is 45.9. The van der Waals surface area contributed by atoms with Gasteiger partial charge in [0.15, 0.2) is 0 Å². The number of benzene rings is 2. The summed E-state index contributed by atoms with van der Waals surface area (Å²) in [5.74, 6) is 0.792. The number of nitrogens with zero attached hydrogens (tertiary/aromatic N) is 1.